The molecule has 0 heterocycles. The second-order valence-electron chi connectivity index (χ2n) is 4.66. The van der Waals surface area contributed by atoms with Gasteiger partial charge in [0.05, 0.1) is 34.5 Å². The van der Waals surface area contributed by atoms with Crippen molar-refractivity contribution in [3.63, 3.8) is 0 Å². The second-order valence-corrected chi connectivity index (χ2v) is 6.54. The number of nitrogens with one attached hydrogen (secondary N) is 2. The summed E-state index contributed by atoms with van der Waals surface area (Å²) in [6.07, 6.45) is 0.00481. The summed E-state index contributed by atoms with van der Waals surface area (Å²) in [6, 6.07) is -0.569. The maximum absolute atomic E-state index is 12.0. The van der Waals surface area contributed by atoms with E-state index in [1.807, 2.05) is 27.7 Å². The van der Waals surface area contributed by atoms with Crippen molar-refractivity contribution < 1.29 is 14.4 Å². The van der Waals surface area contributed by atoms with Gasteiger partial charge in [-0.15, -0.1) is 0 Å². The molecule has 0 spiro atoms. The van der Waals surface area contributed by atoms with Crippen molar-refractivity contribution in [3.8, 4) is 0 Å². The number of hydrogen-bond donors (Lipinski definition) is 4. The molecule has 0 saturated heterocycles. The van der Waals surface area contributed by atoms with Crippen molar-refractivity contribution in [1.29, 1.82) is 0 Å². The van der Waals surface area contributed by atoms with Gasteiger partial charge < -0.3 is 15.5 Å². The highest BCUT2D eigenvalue weighted by atomic mass is 32.2. The third-order valence-electron chi connectivity index (χ3n) is 2.88. The van der Waals surface area contributed by atoms with Gasteiger partial charge in [0.25, 0.3) is 0 Å². The highest BCUT2D eigenvalue weighted by molar-refractivity contribution is 7.84. The van der Waals surface area contributed by atoms with Gasteiger partial charge in [0.15, 0.2) is 0 Å². The van der Waals surface area contributed by atoms with Crippen LogP contribution in [0.5, 0.6) is 0 Å². The molecule has 0 radical (unpaired) electrons. The molecule has 0 bridgehead atoms. The highest BCUT2D eigenvalue weighted by Crippen LogP contribution is 2.16. The molecule has 4 N–H and O–H groups in total. The Morgan fingerprint density at radius 2 is 1.94 bits per heavy atom. The fourth-order valence-electron chi connectivity index (χ4n) is 1.10. The summed E-state index contributed by atoms with van der Waals surface area (Å²) in [5, 5.41) is 22.0. The van der Waals surface area contributed by atoms with E-state index in [0.717, 1.165) is 13.0 Å². The Hall–Kier alpha value is -0.0100. The molecule has 3 unspecified atom stereocenters. The first-order valence-electron chi connectivity index (χ1n) is 6.06. The third-order valence-corrected chi connectivity index (χ3v) is 4.69. The Kier molecular flexibility index (Phi) is 8.15. The molecule has 0 fully saturated rings. The van der Waals surface area contributed by atoms with Crippen molar-refractivity contribution in [1.82, 2.24) is 10.0 Å². The molecule has 6 heteroatoms. The molecule has 0 amide bonds. The van der Waals surface area contributed by atoms with Crippen LogP contribution >= 0.6 is 0 Å². The monoisotopic (exact) mass is 266 g/mol. The van der Waals surface area contributed by atoms with Crippen LogP contribution in [0, 0.1) is 0 Å². The molecule has 0 saturated carbocycles. The van der Waals surface area contributed by atoms with Crippen molar-refractivity contribution in [2.75, 3.05) is 19.7 Å². The normalized spacial score (nSPS) is 17.8. The van der Waals surface area contributed by atoms with Crippen LogP contribution in [0.15, 0.2) is 0 Å². The van der Waals surface area contributed by atoms with E-state index in [0.29, 0.717) is 6.54 Å². The van der Waals surface area contributed by atoms with Crippen LogP contribution in [-0.2, 0) is 11.0 Å². The average molecular weight is 266 g/mol. The van der Waals surface area contributed by atoms with Crippen LogP contribution in [0.3, 0.4) is 0 Å². The molecular weight excluding hydrogens is 240 g/mol. The van der Waals surface area contributed by atoms with E-state index in [-0.39, 0.29) is 11.4 Å². The fraction of sp³-hybridized carbons (Fsp3) is 1.00. The maximum atomic E-state index is 12.0. The van der Waals surface area contributed by atoms with Gasteiger partial charge in [-0.05, 0) is 26.8 Å². The zero-order valence-electron chi connectivity index (χ0n) is 11.2. The van der Waals surface area contributed by atoms with Gasteiger partial charge in [-0.25, -0.2) is 8.93 Å². The lowest BCUT2D eigenvalue weighted by atomic mass is 10.1. The maximum Gasteiger partial charge on any atom is 0.0977 e. The fourth-order valence-corrected chi connectivity index (χ4v) is 2.19. The van der Waals surface area contributed by atoms with Gasteiger partial charge >= 0.3 is 0 Å². The van der Waals surface area contributed by atoms with E-state index in [2.05, 4.69) is 10.0 Å². The topological polar surface area (TPSA) is 81.6 Å². The summed E-state index contributed by atoms with van der Waals surface area (Å²) in [5.74, 6) is 0. The van der Waals surface area contributed by atoms with Crippen LogP contribution < -0.4 is 10.0 Å². The van der Waals surface area contributed by atoms with Crippen LogP contribution in [0.1, 0.15) is 34.1 Å². The molecule has 0 aliphatic rings. The van der Waals surface area contributed by atoms with Crippen molar-refractivity contribution in [2.45, 2.75) is 51.0 Å². The summed E-state index contributed by atoms with van der Waals surface area (Å²) < 4.78 is 14.4. The Morgan fingerprint density at radius 1 is 1.35 bits per heavy atom. The number of aliphatic hydroxyl groups excluding tert-OH is 2. The Labute approximate surface area is 107 Å². The van der Waals surface area contributed by atoms with E-state index in [9.17, 15) is 14.4 Å². The summed E-state index contributed by atoms with van der Waals surface area (Å²) >= 11 is 0. The lowest BCUT2D eigenvalue weighted by Gasteiger charge is -2.28. The minimum Gasteiger partial charge on any atom is -0.395 e. The highest BCUT2D eigenvalue weighted by Gasteiger charge is 2.28. The molecule has 0 aliphatic heterocycles. The number of hydrogen-bond acceptors (Lipinski definition) is 4. The SMILES string of the molecule is CCNCC(O)C(CO)NS(=O)C(C)(C)CC. The molecule has 5 nitrogen and oxygen atoms in total. The minimum absolute atomic E-state index is 0.238. The summed E-state index contributed by atoms with van der Waals surface area (Å²) in [6.45, 7) is 8.56. The molecule has 0 rings (SSSR count). The predicted octanol–water partition coefficient (Wildman–Crippen LogP) is -0.240. The Morgan fingerprint density at radius 3 is 2.35 bits per heavy atom. The zero-order chi connectivity index (χ0) is 13.5. The molecule has 0 aromatic carbocycles. The van der Waals surface area contributed by atoms with Crippen molar-refractivity contribution in [3.05, 3.63) is 0 Å². The molecule has 3 atom stereocenters. The van der Waals surface area contributed by atoms with Gasteiger partial charge in [-0.1, -0.05) is 13.8 Å². The molecule has 0 aromatic heterocycles. The first kappa shape index (κ1) is 17.0. The summed E-state index contributed by atoms with van der Waals surface area (Å²) in [5.41, 5.74) is 0. The van der Waals surface area contributed by atoms with Crippen molar-refractivity contribution in [2.24, 2.45) is 0 Å². The number of aliphatic hydroxyl groups is 2. The Balaban J connectivity index is 4.34. The smallest absolute Gasteiger partial charge is 0.0977 e. The van der Waals surface area contributed by atoms with Gasteiger partial charge in [0.1, 0.15) is 0 Å². The first-order chi connectivity index (χ1) is 7.88. The summed E-state index contributed by atoms with van der Waals surface area (Å²) in [4.78, 5) is 0. The standard InChI is InChI=1S/C11H26N2O3S/c1-5-11(3,4)17(16)13-9(8-14)10(15)7-12-6-2/h9-10,12-15H,5-8H2,1-4H3. The lowest BCUT2D eigenvalue weighted by molar-refractivity contribution is 0.101. The predicted molar refractivity (Wildman–Crippen MR) is 71.1 cm³/mol. The van der Waals surface area contributed by atoms with E-state index in [4.69, 9.17) is 0 Å². The number of likely N-dealkylation sites (N-methyl/N-ethyl adjacent to an activating group) is 1. The minimum atomic E-state index is -1.28. The van der Waals surface area contributed by atoms with Crippen LogP contribution in [-0.4, -0.2) is 51.0 Å². The molecular formula is C11H26N2O3S. The second kappa shape index (κ2) is 8.16. The quantitative estimate of drug-likeness (QED) is 0.464. The van der Waals surface area contributed by atoms with Gasteiger partial charge in [0.2, 0.25) is 0 Å². The largest absolute Gasteiger partial charge is 0.395 e. The van der Waals surface area contributed by atoms with Gasteiger partial charge in [-0.2, -0.15) is 0 Å². The van der Waals surface area contributed by atoms with Crippen LogP contribution in [0.4, 0.5) is 0 Å². The zero-order valence-corrected chi connectivity index (χ0v) is 12.0. The van der Waals surface area contributed by atoms with Crippen LogP contribution in [0.25, 0.3) is 0 Å². The Bertz CT molecular complexity index is 237. The van der Waals surface area contributed by atoms with Gasteiger partial charge in [0, 0.05) is 6.54 Å². The molecule has 0 aromatic rings. The molecule has 17 heavy (non-hydrogen) atoms. The first-order valence-corrected chi connectivity index (χ1v) is 7.21. The molecule has 0 aliphatic carbocycles. The third kappa shape index (κ3) is 5.92. The van der Waals surface area contributed by atoms with Gasteiger partial charge in [-0.3, -0.25) is 0 Å². The molecule has 104 valence electrons. The van der Waals surface area contributed by atoms with E-state index in [1.165, 1.54) is 0 Å². The number of rotatable bonds is 9. The van der Waals surface area contributed by atoms with Crippen molar-refractivity contribution >= 4 is 11.0 Å². The van der Waals surface area contributed by atoms with E-state index in [1.54, 1.807) is 0 Å². The lowest BCUT2D eigenvalue weighted by Crippen LogP contribution is -2.51. The van der Waals surface area contributed by atoms with E-state index >= 15 is 0 Å². The van der Waals surface area contributed by atoms with E-state index < -0.39 is 23.1 Å². The van der Waals surface area contributed by atoms with Crippen LogP contribution in [0.2, 0.25) is 0 Å². The summed E-state index contributed by atoms with van der Waals surface area (Å²) in [7, 11) is -1.28. The average Bonchev–Trinajstić information content (AvgIpc) is 2.32.